The van der Waals surface area contributed by atoms with E-state index < -0.39 is 0 Å². The molecule has 0 amide bonds. The van der Waals surface area contributed by atoms with E-state index in [1.54, 1.807) is 0 Å². The van der Waals surface area contributed by atoms with Crippen LogP contribution in [-0.2, 0) is 4.74 Å². The van der Waals surface area contributed by atoms with Crippen molar-refractivity contribution in [1.82, 2.24) is 4.98 Å². The molecule has 2 unspecified atom stereocenters. The first kappa shape index (κ1) is 12.4. The zero-order valence-corrected chi connectivity index (χ0v) is 11.3. The van der Waals surface area contributed by atoms with Crippen LogP contribution in [0.5, 0.6) is 0 Å². The van der Waals surface area contributed by atoms with E-state index in [4.69, 9.17) is 4.74 Å². The van der Waals surface area contributed by atoms with Gasteiger partial charge < -0.3 is 10.1 Å². The molecule has 1 aromatic heterocycles. The van der Waals surface area contributed by atoms with E-state index in [9.17, 15) is 0 Å². The lowest BCUT2D eigenvalue weighted by atomic mass is 10.0. The molecule has 1 aliphatic rings. The topological polar surface area (TPSA) is 34.2 Å². The van der Waals surface area contributed by atoms with Gasteiger partial charge >= 0.3 is 0 Å². The van der Waals surface area contributed by atoms with Crippen LogP contribution in [-0.4, -0.2) is 23.7 Å². The quantitative estimate of drug-likeness (QED) is 0.911. The molecule has 1 aromatic carbocycles. The Labute approximate surface area is 114 Å². The van der Waals surface area contributed by atoms with Gasteiger partial charge in [0.25, 0.3) is 0 Å². The largest absolute Gasteiger partial charge is 0.382 e. The molecule has 1 N–H and O–H groups in total. The summed E-state index contributed by atoms with van der Waals surface area (Å²) in [7, 11) is 0. The number of aromatic nitrogens is 1. The van der Waals surface area contributed by atoms with Crippen LogP contribution in [0.15, 0.2) is 36.5 Å². The highest BCUT2D eigenvalue weighted by Gasteiger charge is 2.20. The first-order chi connectivity index (χ1) is 9.35. The third-order valence-electron chi connectivity index (χ3n) is 3.80. The summed E-state index contributed by atoms with van der Waals surface area (Å²) in [6.45, 7) is 3.06. The number of hydrogen-bond acceptors (Lipinski definition) is 3. The van der Waals surface area contributed by atoms with E-state index >= 15 is 0 Å². The van der Waals surface area contributed by atoms with E-state index in [1.165, 1.54) is 11.1 Å². The summed E-state index contributed by atoms with van der Waals surface area (Å²) in [5.74, 6) is 0. The van der Waals surface area contributed by atoms with Crippen molar-refractivity contribution in [2.24, 2.45) is 0 Å². The van der Waals surface area contributed by atoms with Gasteiger partial charge in [-0.25, -0.2) is 0 Å². The van der Waals surface area contributed by atoms with Gasteiger partial charge in [0.2, 0.25) is 0 Å². The van der Waals surface area contributed by atoms with Crippen LogP contribution in [0.4, 0.5) is 5.69 Å². The fraction of sp³-hybridized carbons (Fsp3) is 0.438. The van der Waals surface area contributed by atoms with Gasteiger partial charge in [-0.2, -0.15) is 0 Å². The lowest BCUT2D eigenvalue weighted by Gasteiger charge is -2.30. The minimum absolute atomic E-state index is 0.411. The minimum atomic E-state index is 0.411. The maximum Gasteiger partial charge on any atom is 0.0703 e. The Hall–Kier alpha value is -1.61. The summed E-state index contributed by atoms with van der Waals surface area (Å²) in [6.07, 6.45) is 5.52. The summed E-state index contributed by atoms with van der Waals surface area (Å²) in [4.78, 5) is 4.35. The molecule has 2 aromatic rings. The van der Waals surface area contributed by atoms with Gasteiger partial charge in [0.05, 0.1) is 11.6 Å². The van der Waals surface area contributed by atoms with Crippen molar-refractivity contribution < 1.29 is 4.74 Å². The fourth-order valence-electron chi connectivity index (χ4n) is 2.70. The summed E-state index contributed by atoms with van der Waals surface area (Å²) >= 11 is 0. The second kappa shape index (κ2) is 5.57. The molecule has 0 saturated carbocycles. The number of ether oxygens (including phenoxy) is 1. The molecule has 3 nitrogen and oxygen atoms in total. The molecule has 3 rings (SSSR count). The van der Waals surface area contributed by atoms with Crippen molar-refractivity contribution >= 4 is 16.6 Å². The third kappa shape index (κ3) is 2.87. The van der Waals surface area contributed by atoms with Gasteiger partial charge in [0, 0.05) is 29.9 Å². The van der Waals surface area contributed by atoms with Crippen LogP contribution in [0.25, 0.3) is 10.9 Å². The van der Waals surface area contributed by atoms with Gasteiger partial charge in [-0.1, -0.05) is 13.0 Å². The van der Waals surface area contributed by atoms with E-state index in [1.807, 2.05) is 12.3 Å². The molecule has 1 saturated heterocycles. The number of pyridine rings is 1. The van der Waals surface area contributed by atoms with Gasteiger partial charge in [0.15, 0.2) is 0 Å². The number of nitrogens with zero attached hydrogens (tertiary/aromatic N) is 1. The van der Waals surface area contributed by atoms with Gasteiger partial charge in [-0.15, -0.1) is 0 Å². The van der Waals surface area contributed by atoms with Crippen LogP contribution in [0.1, 0.15) is 26.2 Å². The highest BCUT2D eigenvalue weighted by molar-refractivity contribution is 5.82. The predicted molar refractivity (Wildman–Crippen MR) is 78.4 cm³/mol. The lowest BCUT2D eigenvalue weighted by Crippen LogP contribution is -2.33. The molecule has 0 aliphatic carbocycles. The van der Waals surface area contributed by atoms with Crippen molar-refractivity contribution in [3.8, 4) is 0 Å². The smallest absolute Gasteiger partial charge is 0.0703 e. The monoisotopic (exact) mass is 256 g/mol. The molecule has 0 spiro atoms. The Morgan fingerprint density at radius 1 is 1.37 bits per heavy atom. The van der Waals surface area contributed by atoms with Crippen LogP contribution < -0.4 is 5.32 Å². The van der Waals surface area contributed by atoms with Crippen molar-refractivity contribution in [2.75, 3.05) is 11.9 Å². The third-order valence-corrected chi connectivity index (χ3v) is 3.80. The molecule has 2 heterocycles. The molecular weight excluding hydrogens is 236 g/mol. The molecule has 0 radical (unpaired) electrons. The average molecular weight is 256 g/mol. The fourth-order valence-corrected chi connectivity index (χ4v) is 2.70. The zero-order valence-electron chi connectivity index (χ0n) is 11.3. The Morgan fingerprint density at radius 3 is 3.21 bits per heavy atom. The van der Waals surface area contributed by atoms with Crippen LogP contribution in [0, 0.1) is 0 Å². The number of benzene rings is 1. The number of nitrogens with one attached hydrogen (secondary N) is 1. The van der Waals surface area contributed by atoms with E-state index in [2.05, 4.69) is 41.5 Å². The summed E-state index contributed by atoms with van der Waals surface area (Å²) in [5, 5.41) is 4.82. The molecule has 1 aliphatic heterocycles. The van der Waals surface area contributed by atoms with E-state index in [-0.39, 0.29) is 0 Å². The molecule has 1 fully saturated rings. The summed E-state index contributed by atoms with van der Waals surface area (Å²) in [5.41, 5.74) is 2.23. The zero-order chi connectivity index (χ0) is 13.1. The molecule has 2 atom stereocenters. The van der Waals surface area contributed by atoms with Gasteiger partial charge in [-0.05, 0) is 43.5 Å². The van der Waals surface area contributed by atoms with Crippen molar-refractivity contribution in [3.05, 3.63) is 36.5 Å². The molecular formula is C16H20N2O. The summed E-state index contributed by atoms with van der Waals surface area (Å²) in [6, 6.07) is 11.0. The van der Waals surface area contributed by atoms with Crippen LogP contribution >= 0.6 is 0 Å². The Kier molecular flexibility index (Phi) is 3.65. The number of anilines is 1. The number of hydrogen-bond donors (Lipinski definition) is 1. The van der Waals surface area contributed by atoms with Crippen molar-refractivity contribution in [1.29, 1.82) is 0 Å². The first-order valence-electron chi connectivity index (χ1n) is 7.08. The Balaban J connectivity index is 1.74. The average Bonchev–Trinajstić information content (AvgIpc) is 2.47. The highest BCUT2D eigenvalue weighted by atomic mass is 16.5. The van der Waals surface area contributed by atoms with E-state index in [0.717, 1.165) is 31.4 Å². The normalized spacial score (nSPS) is 23.4. The minimum Gasteiger partial charge on any atom is -0.382 e. The van der Waals surface area contributed by atoms with E-state index in [0.29, 0.717) is 12.1 Å². The Morgan fingerprint density at radius 2 is 2.32 bits per heavy atom. The molecule has 3 heteroatoms. The van der Waals surface area contributed by atoms with Crippen molar-refractivity contribution in [3.63, 3.8) is 0 Å². The SMILES string of the molecule is CCC1CC(Nc2ccc3ncccc3c2)CCO1. The number of rotatable bonds is 3. The second-order valence-corrected chi connectivity index (χ2v) is 5.18. The number of fused-ring (bicyclic) bond motifs is 1. The lowest BCUT2D eigenvalue weighted by molar-refractivity contribution is 0.00926. The van der Waals surface area contributed by atoms with Crippen molar-refractivity contribution in [2.45, 2.75) is 38.3 Å². The van der Waals surface area contributed by atoms with Crippen LogP contribution in [0.2, 0.25) is 0 Å². The molecule has 100 valence electrons. The maximum atomic E-state index is 5.72. The molecule has 0 bridgehead atoms. The highest BCUT2D eigenvalue weighted by Crippen LogP contribution is 2.22. The maximum absolute atomic E-state index is 5.72. The van der Waals surface area contributed by atoms with Gasteiger partial charge in [0.1, 0.15) is 0 Å². The van der Waals surface area contributed by atoms with Crippen LogP contribution in [0.3, 0.4) is 0 Å². The Bertz CT molecular complexity index is 555. The first-order valence-corrected chi connectivity index (χ1v) is 7.08. The summed E-state index contributed by atoms with van der Waals surface area (Å²) < 4.78 is 5.72. The van der Waals surface area contributed by atoms with Gasteiger partial charge in [-0.3, -0.25) is 4.98 Å². The standard InChI is InChI=1S/C16H20N2O/c1-2-15-11-14(7-9-19-15)18-13-5-6-16-12(10-13)4-3-8-17-16/h3-6,8,10,14-15,18H,2,7,9,11H2,1H3. The molecule has 19 heavy (non-hydrogen) atoms. The second-order valence-electron chi connectivity index (χ2n) is 5.18. The predicted octanol–water partition coefficient (Wildman–Crippen LogP) is 3.60.